The van der Waals surface area contributed by atoms with Crippen LogP contribution in [-0.4, -0.2) is 21.0 Å². The Bertz CT molecular complexity index is 637. The van der Waals surface area contributed by atoms with Gasteiger partial charge in [0, 0.05) is 5.92 Å². The first-order valence-electron chi connectivity index (χ1n) is 7.07. The summed E-state index contributed by atoms with van der Waals surface area (Å²) >= 11 is 0. The highest BCUT2D eigenvalue weighted by Crippen LogP contribution is 2.37. The molecule has 0 unspecified atom stereocenters. The van der Waals surface area contributed by atoms with E-state index in [1.165, 1.54) is 6.20 Å². The van der Waals surface area contributed by atoms with Gasteiger partial charge in [-0.15, -0.1) is 0 Å². The number of rotatable bonds is 4. The van der Waals surface area contributed by atoms with Crippen molar-refractivity contribution in [2.75, 3.05) is 0 Å². The lowest BCUT2D eigenvalue weighted by Crippen LogP contribution is -2.08. The van der Waals surface area contributed by atoms with Crippen molar-refractivity contribution in [3.05, 3.63) is 47.9 Å². The van der Waals surface area contributed by atoms with E-state index in [0.29, 0.717) is 17.5 Å². The fourth-order valence-corrected chi connectivity index (χ4v) is 2.64. The molecule has 108 valence electrons. The van der Waals surface area contributed by atoms with E-state index in [1.807, 2.05) is 30.3 Å². The number of aromatic nitrogens is 2. The van der Waals surface area contributed by atoms with Crippen LogP contribution in [-0.2, 0) is 0 Å². The third-order valence-electron chi connectivity index (χ3n) is 3.69. The molecule has 5 nitrogen and oxygen atoms in total. The van der Waals surface area contributed by atoms with E-state index >= 15 is 0 Å². The molecule has 0 atom stereocenters. The number of benzene rings is 1. The average Bonchev–Trinajstić information content (AvgIpc) is 3.02. The van der Waals surface area contributed by atoms with Crippen molar-refractivity contribution in [3.8, 4) is 11.6 Å². The van der Waals surface area contributed by atoms with Gasteiger partial charge in [-0.25, -0.2) is 9.78 Å². The molecule has 5 heteroatoms. The summed E-state index contributed by atoms with van der Waals surface area (Å²) < 4.78 is 5.78. The van der Waals surface area contributed by atoms with Crippen LogP contribution in [0.3, 0.4) is 0 Å². The van der Waals surface area contributed by atoms with E-state index in [4.69, 9.17) is 9.84 Å². The van der Waals surface area contributed by atoms with Crippen molar-refractivity contribution in [2.24, 2.45) is 0 Å². The van der Waals surface area contributed by atoms with Crippen molar-refractivity contribution in [3.63, 3.8) is 0 Å². The zero-order valence-electron chi connectivity index (χ0n) is 11.5. The highest BCUT2D eigenvalue weighted by Gasteiger charge is 2.24. The van der Waals surface area contributed by atoms with Gasteiger partial charge >= 0.3 is 5.97 Å². The summed E-state index contributed by atoms with van der Waals surface area (Å²) in [5.41, 5.74) is 0.670. The van der Waals surface area contributed by atoms with Crippen LogP contribution in [0.1, 0.15) is 47.8 Å². The van der Waals surface area contributed by atoms with Crippen LogP contribution in [0.2, 0.25) is 0 Å². The monoisotopic (exact) mass is 284 g/mol. The van der Waals surface area contributed by atoms with Gasteiger partial charge in [-0.05, 0) is 25.0 Å². The second-order valence-electron chi connectivity index (χ2n) is 5.15. The average molecular weight is 284 g/mol. The minimum Gasteiger partial charge on any atom is -0.476 e. The minimum atomic E-state index is -1.10. The first kappa shape index (κ1) is 13.5. The summed E-state index contributed by atoms with van der Waals surface area (Å²) in [6, 6.07) is 9.24. The second kappa shape index (κ2) is 5.91. The van der Waals surface area contributed by atoms with Gasteiger partial charge in [0.1, 0.15) is 11.4 Å². The summed E-state index contributed by atoms with van der Waals surface area (Å²) in [7, 11) is 0. The zero-order valence-corrected chi connectivity index (χ0v) is 11.5. The Morgan fingerprint density at radius 3 is 2.57 bits per heavy atom. The molecule has 1 saturated carbocycles. The van der Waals surface area contributed by atoms with Gasteiger partial charge in [0.2, 0.25) is 5.88 Å². The first-order valence-corrected chi connectivity index (χ1v) is 7.07. The lowest BCUT2D eigenvalue weighted by Gasteiger charge is -2.14. The molecule has 0 bridgehead atoms. The van der Waals surface area contributed by atoms with E-state index in [0.717, 1.165) is 31.4 Å². The van der Waals surface area contributed by atoms with E-state index in [9.17, 15) is 4.79 Å². The molecule has 1 aromatic heterocycles. The SMILES string of the molecule is O=C(O)c1cnc(C2CCCC2)c(Oc2ccccc2)n1. The van der Waals surface area contributed by atoms with E-state index in [2.05, 4.69) is 9.97 Å². The maximum atomic E-state index is 11.1. The third-order valence-corrected chi connectivity index (χ3v) is 3.69. The Morgan fingerprint density at radius 1 is 1.19 bits per heavy atom. The summed E-state index contributed by atoms with van der Waals surface area (Å²) in [5, 5.41) is 9.07. The van der Waals surface area contributed by atoms with Gasteiger partial charge in [-0.1, -0.05) is 31.0 Å². The number of nitrogens with zero attached hydrogens (tertiary/aromatic N) is 2. The largest absolute Gasteiger partial charge is 0.476 e. The summed E-state index contributed by atoms with van der Waals surface area (Å²) in [5.74, 6) is 0.152. The topological polar surface area (TPSA) is 72.3 Å². The number of hydrogen-bond donors (Lipinski definition) is 1. The molecule has 21 heavy (non-hydrogen) atoms. The van der Waals surface area contributed by atoms with Crippen LogP contribution in [0.4, 0.5) is 0 Å². The smallest absolute Gasteiger partial charge is 0.356 e. The Labute approximate surface area is 122 Å². The standard InChI is InChI=1S/C16H16N2O3/c19-16(20)13-10-17-14(11-6-4-5-7-11)15(18-13)21-12-8-2-1-3-9-12/h1-3,8-11H,4-7H2,(H,19,20). The molecule has 0 saturated heterocycles. The normalized spacial score (nSPS) is 15.0. The molecule has 1 fully saturated rings. The molecule has 0 amide bonds. The number of carboxylic acid groups (broad SMARTS) is 1. The van der Waals surface area contributed by atoms with Crippen molar-refractivity contribution >= 4 is 5.97 Å². The van der Waals surface area contributed by atoms with Crippen LogP contribution in [0.5, 0.6) is 11.6 Å². The van der Waals surface area contributed by atoms with E-state index < -0.39 is 5.97 Å². The molecule has 1 aliphatic carbocycles. The molecular formula is C16H16N2O3. The number of carboxylic acids is 1. The van der Waals surface area contributed by atoms with Gasteiger partial charge in [-0.3, -0.25) is 4.98 Å². The van der Waals surface area contributed by atoms with Gasteiger partial charge in [0.25, 0.3) is 0 Å². The molecule has 0 spiro atoms. The van der Waals surface area contributed by atoms with E-state index in [-0.39, 0.29) is 5.69 Å². The van der Waals surface area contributed by atoms with Crippen LogP contribution in [0, 0.1) is 0 Å². The molecule has 1 heterocycles. The molecule has 1 N–H and O–H groups in total. The van der Waals surface area contributed by atoms with Crippen LogP contribution < -0.4 is 4.74 Å². The molecule has 1 aliphatic rings. The van der Waals surface area contributed by atoms with E-state index in [1.54, 1.807) is 0 Å². The highest BCUT2D eigenvalue weighted by molar-refractivity contribution is 5.85. The van der Waals surface area contributed by atoms with Crippen molar-refractivity contribution in [2.45, 2.75) is 31.6 Å². The summed E-state index contributed by atoms with van der Waals surface area (Å²) in [6.07, 6.45) is 5.74. The van der Waals surface area contributed by atoms with Crippen LogP contribution >= 0.6 is 0 Å². The Balaban J connectivity index is 1.97. The molecular weight excluding hydrogens is 268 g/mol. The highest BCUT2D eigenvalue weighted by atomic mass is 16.5. The molecule has 1 aromatic carbocycles. The lowest BCUT2D eigenvalue weighted by molar-refractivity contribution is 0.0689. The predicted molar refractivity (Wildman–Crippen MR) is 76.7 cm³/mol. The predicted octanol–water partition coefficient (Wildman–Crippen LogP) is 3.62. The number of carbonyl (C=O) groups is 1. The molecule has 0 radical (unpaired) electrons. The number of para-hydroxylation sites is 1. The number of aromatic carboxylic acids is 1. The molecule has 0 aliphatic heterocycles. The molecule has 3 rings (SSSR count). The fourth-order valence-electron chi connectivity index (χ4n) is 2.64. The lowest BCUT2D eigenvalue weighted by atomic mass is 10.0. The fraction of sp³-hybridized carbons (Fsp3) is 0.312. The van der Waals surface area contributed by atoms with Crippen molar-refractivity contribution in [1.29, 1.82) is 0 Å². The summed E-state index contributed by atoms with van der Waals surface area (Å²) in [4.78, 5) is 19.5. The maximum absolute atomic E-state index is 11.1. The minimum absolute atomic E-state index is 0.0947. The Kier molecular flexibility index (Phi) is 3.81. The second-order valence-corrected chi connectivity index (χ2v) is 5.15. The number of ether oxygens (including phenoxy) is 1. The quantitative estimate of drug-likeness (QED) is 0.928. The van der Waals surface area contributed by atoms with Crippen LogP contribution in [0.15, 0.2) is 36.5 Å². The van der Waals surface area contributed by atoms with Crippen molar-refractivity contribution in [1.82, 2.24) is 9.97 Å². The maximum Gasteiger partial charge on any atom is 0.356 e. The van der Waals surface area contributed by atoms with Gasteiger partial charge < -0.3 is 9.84 Å². The van der Waals surface area contributed by atoms with Gasteiger partial charge in [0.05, 0.1) is 6.20 Å². The first-order chi connectivity index (χ1) is 10.2. The Morgan fingerprint density at radius 2 is 1.90 bits per heavy atom. The third kappa shape index (κ3) is 3.02. The van der Waals surface area contributed by atoms with Crippen molar-refractivity contribution < 1.29 is 14.6 Å². The molecule has 2 aromatic rings. The zero-order chi connectivity index (χ0) is 14.7. The number of hydrogen-bond acceptors (Lipinski definition) is 4. The Hall–Kier alpha value is -2.43. The van der Waals surface area contributed by atoms with Gasteiger partial charge in [0.15, 0.2) is 5.69 Å². The van der Waals surface area contributed by atoms with Gasteiger partial charge in [-0.2, -0.15) is 0 Å². The van der Waals surface area contributed by atoms with Crippen LogP contribution in [0.25, 0.3) is 0 Å². The summed E-state index contributed by atoms with van der Waals surface area (Å²) in [6.45, 7) is 0.